The van der Waals surface area contributed by atoms with Gasteiger partial charge in [-0.2, -0.15) is 0 Å². The van der Waals surface area contributed by atoms with Gasteiger partial charge in [0.05, 0.1) is 0 Å². The number of hydrogen-bond acceptors (Lipinski definition) is 2. The van der Waals surface area contributed by atoms with Crippen molar-refractivity contribution < 1.29 is 0 Å². The lowest BCUT2D eigenvalue weighted by Gasteiger charge is -2.04. The Morgan fingerprint density at radius 1 is 1.69 bits per heavy atom. The van der Waals surface area contributed by atoms with Gasteiger partial charge in [-0.1, -0.05) is 11.6 Å². The van der Waals surface area contributed by atoms with Crippen molar-refractivity contribution in [1.82, 2.24) is 5.32 Å². The number of nitrogens with one attached hydrogen (secondary N) is 1. The lowest BCUT2D eigenvalue weighted by molar-refractivity contribution is 0.585. The molecule has 1 aromatic heterocycles. The molecule has 0 bridgehead atoms. The summed E-state index contributed by atoms with van der Waals surface area (Å²) < 4.78 is 1.92. The highest BCUT2D eigenvalue weighted by molar-refractivity contribution is 9.10. The van der Waals surface area contributed by atoms with Gasteiger partial charge in [0.15, 0.2) is 0 Å². The molecule has 0 aromatic carbocycles. The molecule has 1 aliphatic heterocycles. The molecule has 1 fully saturated rings. The summed E-state index contributed by atoms with van der Waals surface area (Å²) in [6.07, 6.45) is 2.47. The fraction of sp³-hybridized carbons (Fsp3) is 0.556. The van der Waals surface area contributed by atoms with Crippen molar-refractivity contribution >= 4 is 38.9 Å². The first-order valence-corrected chi connectivity index (χ1v) is 6.39. The fourth-order valence-corrected chi connectivity index (χ4v) is 3.57. The first-order valence-electron chi connectivity index (χ1n) is 4.40. The average molecular weight is 281 g/mol. The number of thiophene rings is 1. The van der Waals surface area contributed by atoms with E-state index in [1.54, 1.807) is 11.3 Å². The van der Waals surface area contributed by atoms with Crippen LogP contribution in [0.5, 0.6) is 0 Å². The molecule has 1 atom stereocenters. The molecule has 1 saturated heterocycles. The van der Waals surface area contributed by atoms with E-state index in [1.807, 2.05) is 0 Å². The Hall–Kier alpha value is 0.430. The largest absolute Gasteiger partial charge is 0.316 e. The monoisotopic (exact) mass is 279 g/mol. The highest BCUT2D eigenvalue weighted by atomic mass is 79.9. The SMILES string of the molecule is Clc1sc(CC2CCNC2)cc1Br. The Balaban J connectivity index is 2.00. The predicted molar refractivity (Wildman–Crippen MR) is 61.7 cm³/mol. The molecule has 0 radical (unpaired) electrons. The van der Waals surface area contributed by atoms with E-state index in [0.717, 1.165) is 21.3 Å². The van der Waals surface area contributed by atoms with Gasteiger partial charge in [0, 0.05) is 9.35 Å². The number of hydrogen-bond donors (Lipinski definition) is 1. The van der Waals surface area contributed by atoms with Crippen molar-refractivity contribution in [3.05, 3.63) is 19.8 Å². The molecule has 1 aromatic rings. The van der Waals surface area contributed by atoms with Gasteiger partial charge in [0.25, 0.3) is 0 Å². The lowest BCUT2D eigenvalue weighted by Crippen LogP contribution is -2.10. The summed E-state index contributed by atoms with van der Waals surface area (Å²) in [5.41, 5.74) is 0. The van der Waals surface area contributed by atoms with Crippen LogP contribution in [-0.2, 0) is 6.42 Å². The summed E-state index contributed by atoms with van der Waals surface area (Å²) in [5.74, 6) is 0.807. The Labute approximate surface area is 95.6 Å². The Kier molecular flexibility index (Phi) is 3.30. The van der Waals surface area contributed by atoms with E-state index in [-0.39, 0.29) is 0 Å². The van der Waals surface area contributed by atoms with Crippen LogP contribution >= 0.6 is 38.9 Å². The summed E-state index contributed by atoms with van der Waals surface area (Å²) in [7, 11) is 0. The van der Waals surface area contributed by atoms with Crippen molar-refractivity contribution in [2.75, 3.05) is 13.1 Å². The van der Waals surface area contributed by atoms with Gasteiger partial charge < -0.3 is 5.32 Å². The van der Waals surface area contributed by atoms with E-state index in [1.165, 1.54) is 24.3 Å². The van der Waals surface area contributed by atoms with Gasteiger partial charge in [-0.3, -0.25) is 0 Å². The number of rotatable bonds is 2. The highest BCUT2D eigenvalue weighted by Crippen LogP contribution is 2.33. The molecule has 0 saturated carbocycles. The first-order chi connectivity index (χ1) is 6.25. The quantitative estimate of drug-likeness (QED) is 0.876. The zero-order valence-electron chi connectivity index (χ0n) is 7.15. The maximum Gasteiger partial charge on any atom is 0.107 e. The van der Waals surface area contributed by atoms with Crippen LogP contribution in [-0.4, -0.2) is 13.1 Å². The molecule has 1 aliphatic rings. The average Bonchev–Trinajstić information content (AvgIpc) is 2.64. The van der Waals surface area contributed by atoms with Gasteiger partial charge in [0.2, 0.25) is 0 Å². The van der Waals surface area contributed by atoms with E-state index in [4.69, 9.17) is 11.6 Å². The second-order valence-electron chi connectivity index (χ2n) is 3.40. The third kappa shape index (κ3) is 2.46. The predicted octanol–water partition coefficient (Wildman–Crippen LogP) is 3.32. The van der Waals surface area contributed by atoms with Gasteiger partial charge in [-0.05, 0) is 53.8 Å². The molecule has 0 aliphatic carbocycles. The molecular weight excluding hydrogens is 270 g/mol. The minimum Gasteiger partial charge on any atom is -0.316 e. The van der Waals surface area contributed by atoms with Crippen LogP contribution in [0.4, 0.5) is 0 Å². The summed E-state index contributed by atoms with van der Waals surface area (Å²) in [4.78, 5) is 1.39. The normalized spacial score (nSPS) is 22.5. The fourth-order valence-electron chi connectivity index (χ4n) is 1.67. The molecular formula is C9H11BrClNS. The van der Waals surface area contributed by atoms with E-state index in [9.17, 15) is 0 Å². The van der Waals surface area contributed by atoms with Gasteiger partial charge >= 0.3 is 0 Å². The van der Waals surface area contributed by atoms with Crippen molar-refractivity contribution in [2.24, 2.45) is 5.92 Å². The molecule has 72 valence electrons. The van der Waals surface area contributed by atoms with E-state index in [0.29, 0.717) is 0 Å². The highest BCUT2D eigenvalue weighted by Gasteiger charge is 2.16. The molecule has 1 N–H and O–H groups in total. The third-order valence-electron chi connectivity index (χ3n) is 2.35. The van der Waals surface area contributed by atoms with Crippen LogP contribution in [0.1, 0.15) is 11.3 Å². The van der Waals surface area contributed by atoms with Gasteiger partial charge in [-0.15, -0.1) is 11.3 Å². The summed E-state index contributed by atoms with van der Waals surface area (Å²) in [6.45, 7) is 2.33. The van der Waals surface area contributed by atoms with Gasteiger partial charge in [0.1, 0.15) is 4.34 Å². The molecule has 2 rings (SSSR count). The molecule has 4 heteroatoms. The zero-order valence-corrected chi connectivity index (χ0v) is 10.3. The first kappa shape index (κ1) is 9.97. The van der Waals surface area contributed by atoms with E-state index >= 15 is 0 Å². The summed E-state index contributed by atoms with van der Waals surface area (Å²) in [5, 5.41) is 3.37. The second kappa shape index (κ2) is 4.30. The molecule has 13 heavy (non-hydrogen) atoms. The molecule has 2 heterocycles. The molecule has 1 nitrogen and oxygen atoms in total. The Morgan fingerprint density at radius 2 is 2.54 bits per heavy atom. The minimum absolute atomic E-state index is 0.807. The van der Waals surface area contributed by atoms with Gasteiger partial charge in [-0.25, -0.2) is 0 Å². The van der Waals surface area contributed by atoms with E-state index in [2.05, 4.69) is 27.3 Å². The van der Waals surface area contributed by atoms with Crippen molar-refractivity contribution in [2.45, 2.75) is 12.8 Å². The van der Waals surface area contributed by atoms with Crippen molar-refractivity contribution in [1.29, 1.82) is 0 Å². The van der Waals surface area contributed by atoms with Crippen molar-refractivity contribution in [3.8, 4) is 0 Å². The summed E-state index contributed by atoms with van der Waals surface area (Å²) in [6, 6.07) is 2.14. The zero-order chi connectivity index (χ0) is 9.26. The maximum absolute atomic E-state index is 5.97. The maximum atomic E-state index is 5.97. The third-order valence-corrected chi connectivity index (χ3v) is 4.85. The van der Waals surface area contributed by atoms with Crippen LogP contribution in [0.2, 0.25) is 4.34 Å². The topological polar surface area (TPSA) is 12.0 Å². The Morgan fingerprint density at radius 3 is 3.08 bits per heavy atom. The molecule has 1 unspecified atom stereocenters. The second-order valence-corrected chi connectivity index (χ2v) is 5.99. The van der Waals surface area contributed by atoms with Crippen LogP contribution < -0.4 is 5.32 Å². The number of halogens is 2. The van der Waals surface area contributed by atoms with Crippen LogP contribution in [0.3, 0.4) is 0 Å². The van der Waals surface area contributed by atoms with Crippen LogP contribution in [0, 0.1) is 5.92 Å². The minimum atomic E-state index is 0.807. The summed E-state index contributed by atoms with van der Waals surface area (Å²) >= 11 is 11.1. The van der Waals surface area contributed by atoms with E-state index < -0.39 is 0 Å². The molecule has 0 amide bonds. The van der Waals surface area contributed by atoms with Crippen molar-refractivity contribution in [3.63, 3.8) is 0 Å². The lowest BCUT2D eigenvalue weighted by atomic mass is 10.0. The standard InChI is InChI=1S/C9H11BrClNS/c10-8-4-7(13-9(8)11)3-6-1-2-12-5-6/h4,6,12H,1-3,5H2. The smallest absolute Gasteiger partial charge is 0.107 e. The molecule has 0 spiro atoms. The van der Waals surface area contributed by atoms with Crippen LogP contribution in [0.25, 0.3) is 0 Å². The Bertz CT molecular complexity index is 274. The van der Waals surface area contributed by atoms with Crippen LogP contribution in [0.15, 0.2) is 10.5 Å².